The molecule has 1 aliphatic carbocycles. The molecule has 0 aliphatic heterocycles. The lowest BCUT2D eigenvalue weighted by Crippen LogP contribution is -2.36. The first-order chi connectivity index (χ1) is 8.84. The molecule has 0 bridgehead atoms. The van der Waals surface area contributed by atoms with Crippen LogP contribution in [0.25, 0.3) is 10.9 Å². The molecule has 1 saturated carbocycles. The molecule has 0 radical (unpaired) electrons. The summed E-state index contributed by atoms with van der Waals surface area (Å²) in [5, 5.41) is 14.6. The average molecular weight is 242 g/mol. The van der Waals surface area contributed by atoms with E-state index in [2.05, 4.69) is 22.4 Å². The third kappa shape index (κ3) is 2.18. The standard InChI is InChI=1S/C15H18N2O/c18-14-9-2-1-7-12(14)17-13-8-3-5-11-6-4-10-16-15(11)13/h3-6,8,10,12,14,17-18H,1-2,7,9H2/t12-,14-/m0/s1. The Labute approximate surface area is 107 Å². The summed E-state index contributed by atoms with van der Waals surface area (Å²) in [6.45, 7) is 0. The van der Waals surface area contributed by atoms with Crippen molar-refractivity contribution in [1.29, 1.82) is 0 Å². The summed E-state index contributed by atoms with van der Waals surface area (Å²) in [5.74, 6) is 0. The summed E-state index contributed by atoms with van der Waals surface area (Å²) in [6.07, 6.45) is 5.82. The maximum atomic E-state index is 10.0. The molecular formula is C15H18N2O. The number of nitrogens with zero attached hydrogens (tertiary/aromatic N) is 1. The zero-order chi connectivity index (χ0) is 12.4. The van der Waals surface area contributed by atoms with Crippen LogP contribution in [0.2, 0.25) is 0 Å². The van der Waals surface area contributed by atoms with Crippen molar-refractivity contribution in [1.82, 2.24) is 4.98 Å². The number of aliphatic hydroxyl groups excluding tert-OH is 1. The second-order valence-electron chi connectivity index (χ2n) is 4.98. The third-order valence-electron chi connectivity index (χ3n) is 3.70. The van der Waals surface area contributed by atoms with Crippen LogP contribution < -0.4 is 5.32 Å². The van der Waals surface area contributed by atoms with Crippen LogP contribution in [0.1, 0.15) is 25.7 Å². The van der Waals surface area contributed by atoms with E-state index in [4.69, 9.17) is 0 Å². The van der Waals surface area contributed by atoms with Crippen molar-refractivity contribution in [3.8, 4) is 0 Å². The molecule has 0 spiro atoms. The van der Waals surface area contributed by atoms with Gasteiger partial charge in [-0.05, 0) is 25.0 Å². The van der Waals surface area contributed by atoms with Gasteiger partial charge in [-0.25, -0.2) is 0 Å². The number of benzene rings is 1. The Hall–Kier alpha value is -1.61. The van der Waals surface area contributed by atoms with Crippen molar-refractivity contribution < 1.29 is 5.11 Å². The van der Waals surface area contributed by atoms with Crippen molar-refractivity contribution in [2.24, 2.45) is 0 Å². The highest BCUT2D eigenvalue weighted by Gasteiger charge is 2.23. The monoisotopic (exact) mass is 242 g/mol. The van der Waals surface area contributed by atoms with E-state index < -0.39 is 0 Å². The van der Waals surface area contributed by atoms with Crippen molar-refractivity contribution in [2.45, 2.75) is 37.8 Å². The molecule has 3 heteroatoms. The van der Waals surface area contributed by atoms with Crippen LogP contribution >= 0.6 is 0 Å². The number of pyridine rings is 1. The highest BCUT2D eigenvalue weighted by molar-refractivity contribution is 5.90. The SMILES string of the molecule is O[C@H]1CCCC[C@@H]1Nc1cccc2cccnc12. The van der Waals surface area contributed by atoms with Gasteiger partial charge in [-0.15, -0.1) is 0 Å². The molecule has 1 heterocycles. The van der Waals surface area contributed by atoms with Crippen LogP contribution in [0.5, 0.6) is 0 Å². The van der Waals surface area contributed by atoms with Gasteiger partial charge < -0.3 is 10.4 Å². The fourth-order valence-corrected chi connectivity index (χ4v) is 2.70. The lowest BCUT2D eigenvalue weighted by Gasteiger charge is -2.29. The zero-order valence-electron chi connectivity index (χ0n) is 10.3. The molecule has 3 nitrogen and oxygen atoms in total. The van der Waals surface area contributed by atoms with E-state index in [9.17, 15) is 5.11 Å². The summed E-state index contributed by atoms with van der Waals surface area (Å²) in [7, 11) is 0. The Morgan fingerprint density at radius 2 is 1.94 bits per heavy atom. The van der Waals surface area contributed by atoms with Gasteiger partial charge in [0.1, 0.15) is 0 Å². The summed E-state index contributed by atoms with van der Waals surface area (Å²) in [5.41, 5.74) is 2.01. The van der Waals surface area contributed by atoms with Gasteiger partial charge in [0.05, 0.1) is 23.3 Å². The largest absolute Gasteiger partial charge is 0.391 e. The molecule has 2 N–H and O–H groups in total. The maximum absolute atomic E-state index is 10.0. The number of nitrogens with one attached hydrogen (secondary N) is 1. The summed E-state index contributed by atoms with van der Waals surface area (Å²) < 4.78 is 0. The normalized spacial score (nSPS) is 24.1. The van der Waals surface area contributed by atoms with Gasteiger partial charge >= 0.3 is 0 Å². The minimum atomic E-state index is -0.238. The van der Waals surface area contributed by atoms with Gasteiger partial charge in [-0.2, -0.15) is 0 Å². The lowest BCUT2D eigenvalue weighted by molar-refractivity contribution is 0.116. The van der Waals surface area contributed by atoms with Gasteiger partial charge in [0.15, 0.2) is 0 Å². The number of hydrogen-bond acceptors (Lipinski definition) is 3. The topological polar surface area (TPSA) is 45.1 Å². The quantitative estimate of drug-likeness (QED) is 0.851. The number of anilines is 1. The summed E-state index contributed by atoms with van der Waals surface area (Å²) >= 11 is 0. The number of para-hydroxylation sites is 1. The van der Waals surface area contributed by atoms with Gasteiger partial charge in [-0.3, -0.25) is 4.98 Å². The Morgan fingerprint density at radius 3 is 2.83 bits per heavy atom. The fraction of sp³-hybridized carbons (Fsp3) is 0.400. The van der Waals surface area contributed by atoms with E-state index in [1.54, 1.807) is 0 Å². The van der Waals surface area contributed by atoms with Crippen LogP contribution in [-0.2, 0) is 0 Å². The molecule has 0 amide bonds. The van der Waals surface area contributed by atoms with Crippen molar-refractivity contribution in [3.05, 3.63) is 36.5 Å². The summed E-state index contributed by atoms with van der Waals surface area (Å²) in [6, 6.07) is 10.3. The molecule has 3 rings (SSSR count). The Balaban J connectivity index is 1.90. The molecule has 0 unspecified atom stereocenters. The van der Waals surface area contributed by atoms with Crippen molar-refractivity contribution in [2.75, 3.05) is 5.32 Å². The van der Waals surface area contributed by atoms with Crippen LogP contribution in [-0.4, -0.2) is 22.2 Å². The first kappa shape index (κ1) is 11.5. The number of fused-ring (bicyclic) bond motifs is 1. The van der Waals surface area contributed by atoms with E-state index in [0.717, 1.165) is 35.9 Å². The van der Waals surface area contributed by atoms with Crippen molar-refractivity contribution in [3.63, 3.8) is 0 Å². The zero-order valence-corrected chi connectivity index (χ0v) is 10.3. The third-order valence-corrected chi connectivity index (χ3v) is 3.70. The first-order valence-electron chi connectivity index (χ1n) is 6.63. The first-order valence-corrected chi connectivity index (χ1v) is 6.63. The molecule has 1 aliphatic rings. The average Bonchev–Trinajstić information content (AvgIpc) is 2.42. The van der Waals surface area contributed by atoms with Gasteiger partial charge in [0.25, 0.3) is 0 Å². The lowest BCUT2D eigenvalue weighted by atomic mass is 9.92. The van der Waals surface area contributed by atoms with E-state index in [-0.39, 0.29) is 12.1 Å². The molecule has 1 aromatic heterocycles. The maximum Gasteiger partial charge on any atom is 0.0933 e. The molecule has 1 aromatic carbocycles. The fourth-order valence-electron chi connectivity index (χ4n) is 2.70. The number of aliphatic hydroxyl groups is 1. The van der Waals surface area contributed by atoms with Crippen LogP contribution in [0.15, 0.2) is 36.5 Å². The number of aromatic nitrogens is 1. The Kier molecular flexibility index (Phi) is 3.15. The van der Waals surface area contributed by atoms with Gasteiger partial charge in [0, 0.05) is 11.6 Å². The molecule has 0 saturated heterocycles. The number of rotatable bonds is 2. The smallest absolute Gasteiger partial charge is 0.0933 e. The van der Waals surface area contributed by atoms with Crippen LogP contribution in [0.4, 0.5) is 5.69 Å². The molecule has 18 heavy (non-hydrogen) atoms. The molecule has 2 atom stereocenters. The summed E-state index contributed by atoms with van der Waals surface area (Å²) in [4.78, 5) is 4.43. The Bertz CT molecular complexity index is 536. The highest BCUT2D eigenvalue weighted by Crippen LogP contribution is 2.26. The van der Waals surface area contributed by atoms with E-state index >= 15 is 0 Å². The predicted molar refractivity (Wildman–Crippen MR) is 73.6 cm³/mol. The van der Waals surface area contributed by atoms with Gasteiger partial charge in [-0.1, -0.05) is 31.0 Å². The van der Waals surface area contributed by atoms with E-state index in [1.807, 2.05) is 24.4 Å². The van der Waals surface area contributed by atoms with E-state index in [1.165, 1.54) is 6.42 Å². The van der Waals surface area contributed by atoms with E-state index in [0.29, 0.717) is 0 Å². The molecule has 1 fully saturated rings. The number of hydrogen-bond donors (Lipinski definition) is 2. The molecule has 94 valence electrons. The van der Waals surface area contributed by atoms with Crippen LogP contribution in [0, 0.1) is 0 Å². The predicted octanol–water partition coefficient (Wildman–Crippen LogP) is 2.95. The minimum Gasteiger partial charge on any atom is -0.391 e. The van der Waals surface area contributed by atoms with Crippen LogP contribution in [0.3, 0.4) is 0 Å². The van der Waals surface area contributed by atoms with Crippen molar-refractivity contribution >= 4 is 16.6 Å². The second-order valence-corrected chi connectivity index (χ2v) is 4.98. The Morgan fingerprint density at radius 1 is 1.11 bits per heavy atom. The molecule has 2 aromatic rings. The highest BCUT2D eigenvalue weighted by atomic mass is 16.3. The van der Waals surface area contributed by atoms with Gasteiger partial charge in [0.2, 0.25) is 0 Å². The minimum absolute atomic E-state index is 0.159. The molecular weight excluding hydrogens is 224 g/mol. The second kappa shape index (κ2) is 4.94.